The maximum Gasteiger partial charge on any atom is 0.143 e. The van der Waals surface area contributed by atoms with Gasteiger partial charge in [-0.25, -0.2) is 4.39 Å². The van der Waals surface area contributed by atoms with Crippen molar-refractivity contribution in [3.63, 3.8) is 0 Å². The van der Waals surface area contributed by atoms with Crippen LogP contribution in [0.2, 0.25) is 0 Å². The van der Waals surface area contributed by atoms with Crippen LogP contribution < -0.4 is 15.2 Å². The van der Waals surface area contributed by atoms with Gasteiger partial charge in [0.1, 0.15) is 23.1 Å². The second kappa shape index (κ2) is 6.77. The van der Waals surface area contributed by atoms with Crippen LogP contribution in [0.4, 0.5) is 4.39 Å². The third-order valence-electron chi connectivity index (χ3n) is 2.89. The molecular weight excluding hydrogens is 405 g/mol. The number of hydrogen-bond acceptors (Lipinski definition) is 3. The van der Waals surface area contributed by atoms with Crippen LogP contribution in [0, 0.1) is 5.82 Å². The molecule has 0 aliphatic carbocycles. The zero-order valence-electron chi connectivity index (χ0n) is 11.5. The first kappa shape index (κ1) is 16.3. The lowest BCUT2D eigenvalue weighted by Gasteiger charge is -2.16. The minimum atomic E-state index is -0.471. The van der Waals surface area contributed by atoms with Crippen LogP contribution in [0.1, 0.15) is 18.5 Å². The second-order valence-electron chi connectivity index (χ2n) is 4.46. The molecule has 0 amide bonds. The Balaban J connectivity index is 2.44. The first-order chi connectivity index (χ1) is 9.93. The quantitative estimate of drug-likeness (QED) is 0.744. The molecule has 1 atom stereocenters. The van der Waals surface area contributed by atoms with E-state index in [4.69, 9.17) is 15.2 Å². The number of methoxy groups -OCH3 is 1. The minimum Gasteiger partial charge on any atom is -0.496 e. The molecule has 0 saturated heterocycles. The summed E-state index contributed by atoms with van der Waals surface area (Å²) in [5.74, 6) is 1.21. The standard InChI is InChI=1S/C15H14Br2FNO2/c1-8(19)15-11(18)4-3-5-12(15)21-14-7-9(16)13(20-2)6-10(14)17/h3-8H,19H2,1-2H3/t8-/m1/s1. The van der Waals surface area contributed by atoms with Gasteiger partial charge in [0.05, 0.1) is 16.1 Å². The maximum absolute atomic E-state index is 13.9. The molecule has 2 aromatic rings. The Bertz CT molecular complexity index is 662. The fourth-order valence-electron chi connectivity index (χ4n) is 1.91. The second-order valence-corrected chi connectivity index (χ2v) is 6.17. The van der Waals surface area contributed by atoms with Crippen molar-refractivity contribution in [3.8, 4) is 17.2 Å². The van der Waals surface area contributed by atoms with Gasteiger partial charge >= 0.3 is 0 Å². The largest absolute Gasteiger partial charge is 0.496 e. The molecule has 0 unspecified atom stereocenters. The molecule has 0 spiro atoms. The van der Waals surface area contributed by atoms with Gasteiger partial charge in [-0.15, -0.1) is 0 Å². The summed E-state index contributed by atoms with van der Waals surface area (Å²) in [6, 6.07) is 7.69. The van der Waals surface area contributed by atoms with Crippen LogP contribution in [0.15, 0.2) is 39.3 Å². The van der Waals surface area contributed by atoms with E-state index < -0.39 is 6.04 Å². The lowest BCUT2D eigenvalue weighted by atomic mass is 10.1. The van der Waals surface area contributed by atoms with Crippen LogP contribution in [-0.4, -0.2) is 7.11 Å². The summed E-state index contributed by atoms with van der Waals surface area (Å²) in [6.07, 6.45) is 0. The van der Waals surface area contributed by atoms with E-state index in [-0.39, 0.29) is 5.82 Å². The number of benzene rings is 2. The lowest BCUT2D eigenvalue weighted by Crippen LogP contribution is -2.09. The zero-order chi connectivity index (χ0) is 15.6. The fraction of sp³-hybridized carbons (Fsp3) is 0.200. The third kappa shape index (κ3) is 3.56. The summed E-state index contributed by atoms with van der Waals surface area (Å²) >= 11 is 6.80. The molecule has 112 valence electrons. The van der Waals surface area contributed by atoms with E-state index in [1.54, 1.807) is 38.3 Å². The molecule has 21 heavy (non-hydrogen) atoms. The average molecular weight is 419 g/mol. The molecule has 2 rings (SSSR count). The van der Waals surface area contributed by atoms with Crippen molar-refractivity contribution in [2.24, 2.45) is 5.73 Å². The number of rotatable bonds is 4. The van der Waals surface area contributed by atoms with Gasteiger partial charge in [-0.05, 0) is 63.0 Å². The van der Waals surface area contributed by atoms with Crippen molar-refractivity contribution in [1.82, 2.24) is 0 Å². The van der Waals surface area contributed by atoms with E-state index >= 15 is 0 Å². The van der Waals surface area contributed by atoms with Crippen molar-refractivity contribution in [2.75, 3.05) is 7.11 Å². The number of hydrogen-bond donors (Lipinski definition) is 1. The molecule has 0 aliphatic rings. The van der Waals surface area contributed by atoms with Crippen LogP contribution in [0.5, 0.6) is 17.2 Å². The molecule has 0 heterocycles. The smallest absolute Gasteiger partial charge is 0.143 e. The fourth-order valence-corrected chi connectivity index (χ4v) is 2.80. The van der Waals surface area contributed by atoms with E-state index in [9.17, 15) is 4.39 Å². The van der Waals surface area contributed by atoms with Crippen molar-refractivity contribution in [2.45, 2.75) is 13.0 Å². The summed E-state index contributed by atoms with van der Waals surface area (Å²) < 4.78 is 26.3. The van der Waals surface area contributed by atoms with Gasteiger partial charge in [-0.3, -0.25) is 0 Å². The van der Waals surface area contributed by atoms with E-state index in [2.05, 4.69) is 31.9 Å². The molecule has 3 nitrogen and oxygen atoms in total. The third-order valence-corrected chi connectivity index (χ3v) is 4.13. The van der Waals surface area contributed by atoms with Crippen molar-refractivity contribution < 1.29 is 13.9 Å². The zero-order valence-corrected chi connectivity index (χ0v) is 14.7. The maximum atomic E-state index is 13.9. The SMILES string of the molecule is COc1cc(Br)c(Oc2cccc(F)c2[C@@H](C)N)cc1Br. The van der Waals surface area contributed by atoms with Crippen molar-refractivity contribution >= 4 is 31.9 Å². The molecule has 0 fully saturated rings. The first-order valence-corrected chi connectivity index (χ1v) is 7.77. The van der Waals surface area contributed by atoms with E-state index in [1.807, 2.05) is 0 Å². The Labute approximate surface area is 139 Å². The summed E-state index contributed by atoms with van der Waals surface area (Å²) in [5.41, 5.74) is 6.17. The normalized spacial score (nSPS) is 12.1. The van der Waals surface area contributed by atoms with Crippen molar-refractivity contribution in [1.29, 1.82) is 0 Å². The van der Waals surface area contributed by atoms with Crippen LogP contribution in [0.25, 0.3) is 0 Å². The Morgan fingerprint density at radius 3 is 2.33 bits per heavy atom. The van der Waals surface area contributed by atoms with Gasteiger partial charge in [-0.1, -0.05) is 6.07 Å². The summed E-state index contributed by atoms with van der Waals surface area (Å²) in [4.78, 5) is 0. The van der Waals surface area contributed by atoms with Crippen LogP contribution in [-0.2, 0) is 0 Å². The van der Waals surface area contributed by atoms with Gasteiger partial charge in [0.2, 0.25) is 0 Å². The van der Waals surface area contributed by atoms with Crippen LogP contribution >= 0.6 is 31.9 Å². The summed E-state index contributed by atoms with van der Waals surface area (Å²) in [5, 5.41) is 0. The highest BCUT2D eigenvalue weighted by Crippen LogP contribution is 2.39. The van der Waals surface area contributed by atoms with E-state index in [0.717, 1.165) is 4.47 Å². The molecule has 2 N–H and O–H groups in total. The van der Waals surface area contributed by atoms with Gasteiger partial charge in [0, 0.05) is 11.6 Å². The molecule has 0 bridgehead atoms. The number of ether oxygens (including phenoxy) is 2. The Morgan fingerprint density at radius 2 is 1.71 bits per heavy atom. The number of halogens is 3. The highest BCUT2D eigenvalue weighted by molar-refractivity contribution is 9.11. The van der Waals surface area contributed by atoms with Gasteiger partial charge in [-0.2, -0.15) is 0 Å². The first-order valence-electron chi connectivity index (χ1n) is 6.19. The Hall–Kier alpha value is -1.11. The molecule has 2 aromatic carbocycles. The Morgan fingerprint density at radius 1 is 1.10 bits per heavy atom. The van der Waals surface area contributed by atoms with Gasteiger partial charge in [0.15, 0.2) is 0 Å². The predicted octanol–water partition coefficient (Wildman–Crippen LogP) is 5.17. The highest BCUT2D eigenvalue weighted by Gasteiger charge is 2.16. The molecule has 0 aliphatic heterocycles. The summed E-state index contributed by atoms with van der Waals surface area (Å²) in [6.45, 7) is 1.71. The number of nitrogens with two attached hydrogens (primary N) is 1. The van der Waals surface area contributed by atoms with E-state index in [1.165, 1.54) is 6.07 Å². The minimum absolute atomic E-state index is 0.344. The van der Waals surface area contributed by atoms with Gasteiger partial charge < -0.3 is 15.2 Å². The molecule has 6 heteroatoms. The molecular formula is C15H14Br2FNO2. The summed E-state index contributed by atoms with van der Waals surface area (Å²) in [7, 11) is 1.58. The van der Waals surface area contributed by atoms with Gasteiger partial charge in [0.25, 0.3) is 0 Å². The highest BCUT2D eigenvalue weighted by atomic mass is 79.9. The monoisotopic (exact) mass is 417 g/mol. The van der Waals surface area contributed by atoms with Crippen molar-refractivity contribution in [3.05, 3.63) is 50.7 Å². The van der Waals surface area contributed by atoms with E-state index in [0.29, 0.717) is 27.3 Å². The van der Waals surface area contributed by atoms with Crippen LogP contribution in [0.3, 0.4) is 0 Å². The predicted molar refractivity (Wildman–Crippen MR) is 87.5 cm³/mol. The topological polar surface area (TPSA) is 44.5 Å². The lowest BCUT2D eigenvalue weighted by molar-refractivity contribution is 0.408. The average Bonchev–Trinajstić information content (AvgIpc) is 2.42. The molecule has 0 radical (unpaired) electrons. The molecule has 0 saturated carbocycles. The Kier molecular flexibility index (Phi) is 5.24. The molecule has 0 aromatic heterocycles.